The number of rotatable bonds is 6. The van der Waals surface area contributed by atoms with Gasteiger partial charge in [0, 0.05) is 13.1 Å². The van der Waals surface area contributed by atoms with Gasteiger partial charge in [-0.15, -0.1) is 0 Å². The molecule has 5 heteroatoms. The number of hydrogen-bond acceptors (Lipinski definition) is 3. The van der Waals surface area contributed by atoms with Gasteiger partial charge in [-0.2, -0.15) is 11.8 Å². The number of carbonyl (C=O) groups excluding carboxylic acids is 1. The maximum absolute atomic E-state index is 11.9. The molecule has 92 valence electrons. The van der Waals surface area contributed by atoms with Gasteiger partial charge in [-0.1, -0.05) is 0 Å². The van der Waals surface area contributed by atoms with E-state index in [1.54, 1.807) is 23.7 Å². The molecule has 4 nitrogen and oxygen atoms in total. The van der Waals surface area contributed by atoms with Crippen molar-refractivity contribution < 1.29 is 14.7 Å². The summed E-state index contributed by atoms with van der Waals surface area (Å²) < 4.78 is 0. The second-order valence-corrected chi connectivity index (χ2v) is 5.35. The van der Waals surface area contributed by atoms with Gasteiger partial charge in [0.05, 0.1) is 11.8 Å². The lowest BCUT2D eigenvalue weighted by molar-refractivity contribution is -0.142. The average Bonchev–Trinajstić information content (AvgIpc) is 3.03. The summed E-state index contributed by atoms with van der Waals surface area (Å²) in [7, 11) is 1.77. The molecule has 1 aliphatic carbocycles. The molecule has 1 N–H and O–H groups in total. The zero-order chi connectivity index (χ0) is 12.3. The van der Waals surface area contributed by atoms with Crippen LogP contribution in [0.25, 0.3) is 0 Å². The number of hydrogen-bond donors (Lipinski definition) is 1. The lowest BCUT2D eigenvalue weighted by atomic mass is 10.2. The van der Waals surface area contributed by atoms with Gasteiger partial charge in [0.1, 0.15) is 0 Å². The molecule has 1 fully saturated rings. The molecule has 0 radical (unpaired) electrons. The van der Waals surface area contributed by atoms with Crippen molar-refractivity contribution in [3.8, 4) is 0 Å². The van der Waals surface area contributed by atoms with Crippen molar-refractivity contribution in [2.45, 2.75) is 25.8 Å². The molecule has 0 aromatic heterocycles. The molecule has 0 aromatic carbocycles. The SMILES string of the molecule is CSCCC(C)N(C)C(=O)[C@@H]1C[C@@H]1C(=O)O. The number of aliphatic carboxylic acids is 1. The predicted molar refractivity (Wildman–Crippen MR) is 64.5 cm³/mol. The van der Waals surface area contributed by atoms with Crippen LogP contribution in [0.1, 0.15) is 19.8 Å². The normalized spacial score (nSPS) is 24.9. The maximum atomic E-state index is 11.9. The maximum Gasteiger partial charge on any atom is 0.307 e. The minimum Gasteiger partial charge on any atom is -0.481 e. The monoisotopic (exact) mass is 245 g/mol. The van der Waals surface area contributed by atoms with E-state index in [9.17, 15) is 9.59 Å². The Balaban J connectivity index is 2.40. The average molecular weight is 245 g/mol. The summed E-state index contributed by atoms with van der Waals surface area (Å²) in [5, 5.41) is 8.76. The number of carboxylic acid groups (broad SMARTS) is 1. The predicted octanol–water partition coefficient (Wildman–Crippen LogP) is 1.31. The highest BCUT2D eigenvalue weighted by atomic mass is 32.2. The van der Waals surface area contributed by atoms with Gasteiger partial charge in [0.25, 0.3) is 0 Å². The van der Waals surface area contributed by atoms with Crippen LogP contribution >= 0.6 is 11.8 Å². The molecule has 0 heterocycles. The zero-order valence-corrected chi connectivity index (χ0v) is 10.8. The molecule has 1 aliphatic rings. The smallest absolute Gasteiger partial charge is 0.307 e. The largest absolute Gasteiger partial charge is 0.481 e. The summed E-state index contributed by atoms with van der Waals surface area (Å²) in [5.41, 5.74) is 0. The summed E-state index contributed by atoms with van der Waals surface area (Å²) in [6, 6.07) is 0.190. The second-order valence-electron chi connectivity index (χ2n) is 4.37. The highest BCUT2D eigenvalue weighted by molar-refractivity contribution is 7.98. The molecule has 0 bridgehead atoms. The van der Waals surface area contributed by atoms with Crippen LogP contribution in [0.5, 0.6) is 0 Å². The zero-order valence-electron chi connectivity index (χ0n) is 9.97. The first kappa shape index (κ1) is 13.4. The van der Waals surface area contributed by atoms with Crippen molar-refractivity contribution >= 4 is 23.6 Å². The topological polar surface area (TPSA) is 57.6 Å². The van der Waals surface area contributed by atoms with E-state index in [1.807, 2.05) is 13.2 Å². The molecule has 3 atom stereocenters. The van der Waals surface area contributed by atoms with Crippen LogP contribution < -0.4 is 0 Å². The highest BCUT2D eigenvalue weighted by Crippen LogP contribution is 2.40. The van der Waals surface area contributed by atoms with Crippen molar-refractivity contribution in [1.29, 1.82) is 0 Å². The minimum atomic E-state index is -0.844. The van der Waals surface area contributed by atoms with Crippen molar-refractivity contribution in [2.24, 2.45) is 11.8 Å². The van der Waals surface area contributed by atoms with Gasteiger partial charge < -0.3 is 10.0 Å². The van der Waals surface area contributed by atoms with E-state index in [-0.39, 0.29) is 17.9 Å². The minimum absolute atomic E-state index is 0.0130. The van der Waals surface area contributed by atoms with Crippen molar-refractivity contribution in [3.05, 3.63) is 0 Å². The summed E-state index contributed by atoms with van der Waals surface area (Å²) in [4.78, 5) is 24.2. The lowest BCUT2D eigenvalue weighted by Gasteiger charge is -2.24. The first-order chi connectivity index (χ1) is 7.49. The fraction of sp³-hybridized carbons (Fsp3) is 0.818. The number of carbonyl (C=O) groups is 2. The molecule has 1 rings (SSSR count). The van der Waals surface area contributed by atoms with E-state index >= 15 is 0 Å². The highest BCUT2D eigenvalue weighted by Gasteiger charge is 2.49. The van der Waals surface area contributed by atoms with Crippen LogP contribution in [0.15, 0.2) is 0 Å². The van der Waals surface area contributed by atoms with Gasteiger partial charge in [-0.3, -0.25) is 9.59 Å². The van der Waals surface area contributed by atoms with Crippen LogP contribution in [-0.4, -0.2) is 47.0 Å². The summed E-state index contributed by atoms with van der Waals surface area (Å²) in [5.74, 6) is -0.558. The Labute approximate surface area is 100 Å². The van der Waals surface area contributed by atoms with E-state index in [4.69, 9.17) is 5.11 Å². The molecule has 16 heavy (non-hydrogen) atoms. The van der Waals surface area contributed by atoms with Crippen molar-refractivity contribution in [2.75, 3.05) is 19.1 Å². The molecular weight excluding hydrogens is 226 g/mol. The van der Waals surface area contributed by atoms with Crippen LogP contribution in [0.4, 0.5) is 0 Å². The lowest BCUT2D eigenvalue weighted by Crippen LogP contribution is -2.37. The summed E-state index contributed by atoms with van der Waals surface area (Å²) >= 11 is 1.76. The Hall–Kier alpha value is -0.710. The second kappa shape index (κ2) is 5.57. The fourth-order valence-electron chi connectivity index (χ4n) is 1.70. The molecule has 0 saturated heterocycles. The van der Waals surface area contributed by atoms with Crippen molar-refractivity contribution in [3.63, 3.8) is 0 Å². The van der Waals surface area contributed by atoms with Gasteiger partial charge in [-0.05, 0) is 31.8 Å². The van der Waals surface area contributed by atoms with Crippen LogP contribution in [0.3, 0.4) is 0 Å². The first-order valence-electron chi connectivity index (χ1n) is 5.47. The molecule has 0 aliphatic heterocycles. The molecule has 1 amide bonds. The fourth-order valence-corrected chi connectivity index (χ4v) is 2.28. The third-order valence-electron chi connectivity index (χ3n) is 3.17. The van der Waals surface area contributed by atoms with Crippen LogP contribution in [-0.2, 0) is 9.59 Å². The van der Waals surface area contributed by atoms with Crippen molar-refractivity contribution in [1.82, 2.24) is 4.90 Å². The standard InChI is InChI=1S/C11H19NO3S/c1-7(4-5-16-3)12(2)10(13)8-6-9(8)11(14)15/h7-9H,4-6H2,1-3H3,(H,14,15)/t7?,8-,9+/m1/s1. The van der Waals surface area contributed by atoms with Crippen LogP contribution in [0.2, 0.25) is 0 Å². The Bertz CT molecular complexity index is 282. The Kier molecular flexibility index (Phi) is 4.65. The number of nitrogens with zero attached hydrogens (tertiary/aromatic N) is 1. The quantitative estimate of drug-likeness (QED) is 0.766. The first-order valence-corrected chi connectivity index (χ1v) is 6.86. The van der Waals surface area contributed by atoms with Crippen LogP contribution in [0, 0.1) is 11.8 Å². The summed E-state index contributed by atoms with van der Waals surface area (Å²) in [6.45, 7) is 2.01. The number of amides is 1. The molecule has 0 aromatic rings. The van der Waals surface area contributed by atoms with Gasteiger partial charge in [0.2, 0.25) is 5.91 Å². The van der Waals surface area contributed by atoms with Gasteiger partial charge in [0.15, 0.2) is 0 Å². The number of carboxylic acids is 1. The Morgan fingerprint density at radius 2 is 2.12 bits per heavy atom. The van der Waals surface area contributed by atoms with E-state index in [1.165, 1.54) is 0 Å². The van der Waals surface area contributed by atoms with Gasteiger partial charge >= 0.3 is 5.97 Å². The Morgan fingerprint density at radius 1 is 1.50 bits per heavy atom. The molecule has 0 spiro atoms. The van der Waals surface area contributed by atoms with E-state index < -0.39 is 11.9 Å². The van der Waals surface area contributed by atoms with E-state index in [0.717, 1.165) is 12.2 Å². The third-order valence-corrected chi connectivity index (χ3v) is 3.82. The third kappa shape index (κ3) is 3.14. The molecule has 1 saturated carbocycles. The Morgan fingerprint density at radius 3 is 2.56 bits per heavy atom. The number of thioether (sulfide) groups is 1. The molecule has 1 unspecified atom stereocenters. The van der Waals surface area contributed by atoms with E-state index in [0.29, 0.717) is 6.42 Å². The van der Waals surface area contributed by atoms with Gasteiger partial charge in [-0.25, -0.2) is 0 Å². The van der Waals surface area contributed by atoms with E-state index in [2.05, 4.69) is 0 Å². The molecular formula is C11H19NO3S. The summed E-state index contributed by atoms with van der Waals surface area (Å²) in [6.07, 6.45) is 3.50.